The van der Waals surface area contributed by atoms with Crippen molar-refractivity contribution in [3.8, 4) is 0 Å². The number of carbonyl (C=O) groups is 2. The summed E-state index contributed by atoms with van der Waals surface area (Å²) in [5, 5.41) is 2.91. The van der Waals surface area contributed by atoms with Crippen molar-refractivity contribution in [1.29, 1.82) is 0 Å². The highest BCUT2D eigenvalue weighted by molar-refractivity contribution is 5.81. The number of ketones is 1. The van der Waals surface area contributed by atoms with E-state index in [2.05, 4.69) is 24.1 Å². The fraction of sp³-hybridized carbons (Fsp3) is 0.875. The Morgan fingerprint density at radius 3 is 2.62 bits per heavy atom. The first kappa shape index (κ1) is 18.1. The van der Waals surface area contributed by atoms with E-state index in [9.17, 15) is 9.59 Å². The number of nitrogens with zero attached hydrogens (tertiary/aromatic N) is 1. The summed E-state index contributed by atoms with van der Waals surface area (Å²) < 4.78 is 5.28. The van der Waals surface area contributed by atoms with Crippen molar-refractivity contribution in [2.45, 2.75) is 46.6 Å². The van der Waals surface area contributed by atoms with Gasteiger partial charge in [0.1, 0.15) is 6.61 Å². The summed E-state index contributed by atoms with van der Waals surface area (Å²) in [5.41, 5.74) is 0. The molecule has 122 valence electrons. The molecule has 0 unspecified atom stereocenters. The normalized spacial score (nSPS) is 20.0. The molecule has 0 bridgehead atoms. The molecular formula is C16H30N2O3. The van der Waals surface area contributed by atoms with E-state index in [0.29, 0.717) is 19.2 Å². The number of hydrogen-bond acceptors (Lipinski definition) is 4. The lowest BCUT2D eigenvalue weighted by Crippen LogP contribution is -2.46. The van der Waals surface area contributed by atoms with Gasteiger partial charge >= 0.3 is 0 Å². The molecule has 0 aromatic carbocycles. The largest absolute Gasteiger partial charge is 0.372 e. The van der Waals surface area contributed by atoms with Crippen LogP contribution in [0.2, 0.25) is 0 Å². The maximum absolute atomic E-state index is 12.1. The number of nitrogens with one attached hydrogen (secondary N) is 1. The molecule has 1 amide bonds. The van der Waals surface area contributed by atoms with Gasteiger partial charge in [0.2, 0.25) is 5.91 Å². The van der Waals surface area contributed by atoms with Crippen LogP contribution in [0.25, 0.3) is 0 Å². The van der Waals surface area contributed by atoms with Crippen LogP contribution in [-0.2, 0) is 14.3 Å². The number of hydrogen-bond donors (Lipinski definition) is 1. The van der Waals surface area contributed by atoms with E-state index in [1.165, 1.54) is 0 Å². The van der Waals surface area contributed by atoms with Crippen LogP contribution >= 0.6 is 0 Å². The summed E-state index contributed by atoms with van der Waals surface area (Å²) in [4.78, 5) is 25.8. The van der Waals surface area contributed by atoms with E-state index in [1.54, 1.807) is 0 Å². The Hall–Kier alpha value is -0.940. The van der Waals surface area contributed by atoms with Gasteiger partial charge in [-0.2, -0.15) is 0 Å². The molecule has 5 heteroatoms. The molecular weight excluding hydrogens is 268 g/mol. The van der Waals surface area contributed by atoms with Gasteiger partial charge in [-0.25, -0.2) is 0 Å². The van der Waals surface area contributed by atoms with Gasteiger partial charge in [-0.05, 0) is 33.2 Å². The Morgan fingerprint density at radius 1 is 1.29 bits per heavy atom. The molecule has 1 atom stereocenters. The Morgan fingerprint density at radius 2 is 2.00 bits per heavy atom. The molecule has 0 radical (unpaired) electrons. The lowest BCUT2D eigenvalue weighted by atomic mass is 9.96. The molecule has 1 N–H and O–H groups in total. The first-order valence-electron chi connectivity index (χ1n) is 8.04. The Balaban J connectivity index is 2.17. The summed E-state index contributed by atoms with van der Waals surface area (Å²) in [6.07, 6.45) is 2.04. The van der Waals surface area contributed by atoms with Crippen LogP contribution in [0.5, 0.6) is 0 Å². The number of piperidine rings is 1. The average molecular weight is 298 g/mol. The van der Waals surface area contributed by atoms with Gasteiger partial charge in [0, 0.05) is 25.0 Å². The van der Waals surface area contributed by atoms with E-state index >= 15 is 0 Å². The second-order valence-electron chi connectivity index (χ2n) is 6.39. The van der Waals surface area contributed by atoms with Crippen LogP contribution in [0.4, 0.5) is 0 Å². The van der Waals surface area contributed by atoms with Gasteiger partial charge in [-0.1, -0.05) is 13.8 Å². The van der Waals surface area contributed by atoms with Crippen molar-refractivity contribution < 1.29 is 14.3 Å². The number of amides is 1. The molecule has 1 saturated heterocycles. The number of likely N-dealkylation sites (tertiary alicyclic amines) is 1. The van der Waals surface area contributed by atoms with E-state index in [-0.39, 0.29) is 30.1 Å². The Labute approximate surface area is 128 Å². The predicted molar refractivity (Wildman–Crippen MR) is 83.1 cm³/mol. The molecule has 0 saturated carbocycles. The topological polar surface area (TPSA) is 58.6 Å². The highest BCUT2D eigenvalue weighted by atomic mass is 16.5. The summed E-state index contributed by atoms with van der Waals surface area (Å²) in [6, 6.07) is 0.492. The smallest absolute Gasteiger partial charge is 0.224 e. The minimum atomic E-state index is 0.00356. The number of ether oxygens (including phenoxy) is 1. The van der Waals surface area contributed by atoms with Crippen LogP contribution in [-0.4, -0.2) is 55.5 Å². The summed E-state index contributed by atoms with van der Waals surface area (Å²) >= 11 is 0. The van der Waals surface area contributed by atoms with Gasteiger partial charge < -0.3 is 15.0 Å². The lowest BCUT2D eigenvalue weighted by molar-refractivity contribution is -0.127. The molecule has 0 aliphatic carbocycles. The monoisotopic (exact) mass is 298 g/mol. The van der Waals surface area contributed by atoms with Crippen molar-refractivity contribution in [2.24, 2.45) is 11.8 Å². The molecule has 1 aliphatic heterocycles. The maximum atomic E-state index is 12.1. The van der Waals surface area contributed by atoms with Gasteiger partial charge in [-0.15, -0.1) is 0 Å². The lowest BCUT2D eigenvalue weighted by Gasteiger charge is -2.34. The van der Waals surface area contributed by atoms with E-state index in [0.717, 1.165) is 25.9 Å². The molecule has 5 nitrogen and oxygen atoms in total. The molecule has 1 rings (SSSR count). The van der Waals surface area contributed by atoms with Crippen molar-refractivity contribution in [3.63, 3.8) is 0 Å². The number of carbonyl (C=O) groups excluding carboxylic acids is 2. The Bertz CT molecular complexity index is 342. The minimum Gasteiger partial charge on any atom is -0.372 e. The number of rotatable bonds is 8. The molecule has 21 heavy (non-hydrogen) atoms. The summed E-state index contributed by atoms with van der Waals surface area (Å²) in [6.45, 7) is 11.0. The van der Waals surface area contributed by atoms with Crippen molar-refractivity contribution >= 4 is 11.7 Å². The fourth-order valence-corrected chi connectivity index (χ4v) is 2.42. The standard InChI is InChI=1S/C16H30N2O3/c1-12(2)15(19)11-21-9-7-17-16(20)14-6-5-8-18(10-14)13(3)4/h12-14H,5-11H2,1-4H3,(H,17,20)/t14-/m1/s1. The summed E-state index contributed by atoms with van der Waals surface area (Å²) in [5.74, 6) is 0.294. The maximum Gasteiger partial charge on any atom is 0.224 e. The van der Waals surface area contributed by atoms with Crippen molar-refractivity contribution in [1.82, 2.24) is 10.2 Å². The minimum absolute atomic E-state index is 0.00356. The fourth-order valence-electron chi connectivity index (χ4n) is 2.42. The highest BCUT2D eigenvalue weighted by Gasteiger charge is 2.26. The van der Waals surface area contributed by atoms with E-state index < -0.39 is 0 Å². The second kappa shape index (κ2) is 9.15. The molecule has 1 heterocycles. The van der Waals surface area contributed by atoms with Gasteiger partial charge in [0.05, 0.1) is 12.5 Å². The first-order valence-corrected chi connectivity index (χ1v) is 8.04. The average Bonchev–Trinajstić information content (AvgIpc) is 2.46. The zero-order valence-electron chi connectivity index (χ0n) is 13.9. The van der Waals surface area contributed by atoms with Crippen LogP contribution in [0, 0.1) is 11.8 Å². The van der Waals surface area contributed by atoms with Crippen LogP contribution < -0.4 is 5.32 Å². The van der Waals surface area contributed by atoms with Crippen LogP contribution in [0.3, 0.4) is 0 Å². The quantitative estimate of drug-likeness (QED) is 0.689. The zero-order valence-corrected chi connectivity index (χ0v) is 13.9. The third-order valence-corrected chi connectivity index (χ3v) is 3.99. The van der Waals surface area contributed by atoms with Crippen molar-refractivity contribution in [2.75, 3.05) is 32.8 Å². The molecule has 0 aromatic rings. The van der Waals surface area contributed by atoms with Gasteiger partial charge in [-0.3, -0.25) is 9.59 Å². The van der Waals surface area contributed by atoms with Crippen LogP contribution in [0.15, 0.2) is 0 Å². The van der Waals surface area contributed by atoms with Crippen LogP contribution in [0.1, 0.15) is 40.5 Å². The van der Waals surface area contributed by atoms with Gasteiger partial charge in [0.25, 0.3) is 0 Å². The summed E-state index contributed by atoms with van der Waals surface area (Å²) in [7, 11) is 0. The molecule has 1 fully saturated rings. The first-order chi connectivity index (χ1) is 9.91. The third kappa shape index (κ3) is 6.57. The molecule has 0 aromatic heterocycles. The second-order valence-corrected chi connectivity index (χ2v) is 6.39. The third-order valence-electron chi connectivity index (χ3n) is 3.99. The SMILES string of the molecule is CC(C)C(=O)COCCNC(=O)[C@@H]1CCCN(C(C)C)C1. The van der Waals surface area contributed by atoms with E-state index in [4.69, 9.17) is 4.74 Å². The van der Waals surface area contributed by atoms with Gasteiger partial charge in [0.15, 0.2) is 5.78 Å². The van der Waals surface area contributed by atoms with E-state index in [1.807, 2.05) is 13.8 Å². The van der Waals surface area contributed by atoms with Crippen molar-refractivity contribution in [3.05, 3.63) is 0 Å². The predicted octanol–water partition coefficient (Wildman–Crippen LogP) is 1.46. The Kier molecular flexibility index (Phi) is 7.89. The molecule has 0 spiro atoms. The zero-order chi connectivity index (χ0) is 15.8. The number of Topliss-reactive ketones (excluding diaryl/α,β-unsaturated/α-hetero) is 1. The molecule has 1 aliphatic rings. The highest BCUT2D eigenvalue weighted by Crippen LogP contribution is 2.18.